The summed E-state index contributed by atoms with van der Waals surface area (Å²) < 4.78 is 0. The average Bonchev–Trinajstić information content (AvgIpc) is 2.65. The highest BCUT2D eigenvalue weighted by molar-refractivity contribution is 7.13. The van der Waals surface area contributed by atoms with Crippen LogP contribution >= 0.6 is 11.3 Å². The molecule has 0 saturated heterocycles. The third-order valence-corrected chi connectivity index (χ3v) is 3.49. The second-order valence-corrected chi connectivity index (χ2v) is 4.89. The molecule has 4 heteroatoms. The van der Waals surface area contributed by atoms with Crippen LogP contribution in [0.4, 0.5) is 5.13 Å². The van der Waals surface area contributed by atoms with Crippen molar-refractivity contribution in [3.63, 3.8) is 0 Å². The van der Waals surface area contributed by atoms with Gasteiger partial charge in [-0.2, -0.15) is 0 Å². The van der Waals surface area contributed by atoms with E-state index in [2.05, 4.69) is 24.1 Å². The van der Waals surface area contributed by atoms with Crippen LogP contribution < -0.4 is 5.32 Å². The minimum Gasteiger partial charge on any atom is -0.302 e. The van der Waals surface area contributed by atoms with Gasteiger partial charge in [-0.1, -0.05) is 26.7 Å². The molecule has 1 heterocycles. The van der Waals surface area contributed by atoms with Gasteiger partial charge in [-0.15, -0.1) is 11.3 Å². The van der Waals surface area contributed by atoms with Crippen LogP contribution in [0.2, 0.25) is 0 Å². The Hall–Kier alpha value is -0.900. The lowest BCUT2D eigenvalue weighted by molar-refractivity contribution is -0.120. The zero-order valence-electron chi connectivity index (χ0n) is 10.2. The molecular weight excluding hydrogens is 220 g/mol. The molecule has 1 rings (SSSR count). The fourth-order valence-electron chi connectivity index (χ4n) is 1.59. The van der Waals surface area contributed by atoms with Gasteiger partial charge in [0.25, 0.3) is 0 Å². The number of unbranched alkanes of at least 4 members (excludes halogenated alkanes) is 1. The van der Waals surface area contributed by atoms with Crippen LogP contribution in [0.1, 0.15) is 45.2 Å². The molecule has 0 aliphatic heterocycles. The normalized spacial score (nSPS) is 12.4. The quantitative estimate of drug-likeness (QED) is 0.825. The van der Waals surface area contributed by atoms with Crippen molar-refractivity contribution < 1.29 is 4.79 Å². The van der Waals surface area contributed by atoms with E-state index in [1.165, 1.54) is 11.3 Å². The number of carbonyl (C=O) groups excluding carboxylic acids is 1. The maximum absolute atomic E-state index is 11.9. The van der Waals surface area contributed by atoms with E-state index < -0.39 is 0 Å². The van der Waals surface area contributed by atoms with Crippen molar-refractivity contribution in [2.24, 2.45) is 5.92 Å². The van der Waals surface area contributed by atoms with Crippen LogP contribution in [0.5, 0.6) is 0 Å². The zero-order valence-corrected chi connectivity index (χ0v) is 11.1. The van der Waals surface area contributed by atoms with Gasteiger partial charge in [0.1, 0.15) is 0 Å². The Morgan fingerprint density at radius 3 is 2.81 bits per heavy atom. The molecule has 1 N–H and O–H groups in total. The average molecular weight is 240 g/mol. The number of hydrogen-bond acceptors (Lipinski definition) is 3. The van der Waals surface area contributed by atoms with E-state index in [9.17, 15) is 4.79 Å². The second kappa shape index (κ2) is 6.63. The predicted molar refractivity (Wildman–Crippen MR) is 68.8 cm³/mol. The molecule has 0 saturated carbocycles. The largest absolute Gasteiger partial charge is 0.302 e. The number of thiazole rings is 1. The first kappa shape index (κ1) is 13.2. The number of aromatic nitrogens is 1. The van der Waals surface area contributed by atoms with Crippen molar-refractivity contribution in [2.75, 3.05) is 5.32 Å². The van der Waals surface area contributed by atoms with Crippen molar-refractivity contribution >= 4 is 22.4 Å². The van der Waals surface area contributed by atoms with Gasteiger partial charge >= 0.3 is 0 Å². The highest BCUT2D eigenvalue weighted by atomic mass is 32.1. The number of aryl methyl sites for hydroxylation is 1. The fourth-order valence-corrected chi connectivity index (χ4v) is 2.28. The van der Waals surface area contributed by atoms with Crippen molar-refractivity contribution in [1.82, 2.24) is 4.98 Å². The summed E-state index contributed by atoms with van der Waals surface area (Å²) in [6.07, 6.45) is 4.13. The lowest BCUT2D eigenvalue weighted by Crippen LogP contribution is -2.22. The van der Waals surface area contributed by atoms with Gasteiger partial charge in [0, 0.05) is 11.3 Å². The van der Waals surface area contributed by atoms with E-state index in [1.807, 2.05) is 12.3 Å². The Balaban J connectivity index is 2.49. The highest BCUT2D eigenvalue weighted by Crippen LogP contribution is 2.18. The first-order valence-corrected chi connectivity index (χ1v) is 6.78. The zero-order chi connectivity index (χ0) is 12.0. The Morgan fingerprint density at radius 1 is 1.56 bits per heavy atom. The molecule has 16 heavy (non-hydrogen) atoms. The Labute approximate surface area is 101 Å². The molecule has 1 atom stereocenters. The number of nitrogens with zero attached hydrogens (tertiary/aromatic N) is 1. The van der Waals surface area contributed by atoms with Crippen LogP contribution in [0.25, 0.3) is 0 Å². The number of carbonyl (C=O) groups is 1. The number of amides is 1. The summed E-state index contributed by atoms with van der Waals surface area (Å²) in [4.78, 5) is 16.1. The third-order valence-electron chi connectivity index (χ3n) is 2.62. The summed E-state index contributed by atoms with van der Waals surface area (Å²) in [6.45, 7) is 6.14. The van der Waals surface area contributed by atoms with Gasteiger partial charge in [-0.05, 0) is 19.8 Å². The van der Waals surface area contributed by atoms with E-state index >= 15 is 0 Å². The molecule has 0 aromatic carbocycles. The lowest BCUT2D eigenvalue weighted by Gasteiger charge is -2.12. The van der Waals surface area contributed by atoms with Crippen molar-refractivity contribution in [3.05, 3.63) is 11.1 Å². The van der Waals surface area contributed by atoms with Crippen LogP contribution in [0.3, 0.4) is 0 Å². The molecule has 1 amide bonds. The smallest absolute Gasteiger partial charge is 0.229 e. The predicted octanol–water partition coefficient (Wildman–Crippen LogP) is 3.61. The summed E-state index contributed by atoms with van der Waals surface area (Å²) in [7, 11) is 0. The van der Waals surface area contributed by atoms with Crippen molar-refractivity contribution in [1.29, 1.82) is 0 Å². The maximum Gasteiger partial charge on any atom is 0.229 e. The first-order valence-electron chi connectivity index (χ1n) is 5.90. The van der Waals surface area contributed by atoms with Crippen LogP contribution in [0.15, 0.2) is 5.38 Å². The SMILES string of the molecule is CCCC[C@H](CC)C(=O)Nc1nc(C)cs1. The molecule has 3 nitrogen and oxygen atoms in total. The molecule has 0 unspecified atom stereocenters. The summed E-state index contributed by atoms with van der Waals surface area (Å²) in [5.74, 6) is 0.245. The summed E-state index contributed by atoms with van der Waals surface area (Å²) in [6, 6.07) is 0. The number of rotatable bonds is 6. The van der Waals surface area contributed by atoms with E-state index in [-0.39, 0.29) is 11.8 Å². The maximum atomic E-state index is 11.9. The van der Waals surface area contributed by atoms with E-state index in [1.54, 1.807) is 0 Å². The van der Waals surface area contributed by atoms with E-state index in [0.29, 0.717) is 0 Å². The minimum atomic E-state index is 0.116. The van der Waals surface area contributed by atoms with Gasteiger partial charge in [0.05, 0.1) is 5.69 Å². The molecule has 0 aliphatic carbocycles. The second-order valence-electron chi connectivity index (χ2n) is 4.03. The minimum absolute atomic E-state index is 0.116. The first-order chi connectivity index (χ1) is 7.67. The van der Waals surface area contributed by atoms with E-state index in [0.717, 1.165) is 36.5 Å². The molecule has 0 spiro atoms. The fraction of sp³-hybridized carbons (Fsp3) is 0.667. The summed E-state index contributed by atoms with van der Waals surface area (Å²) in [5, 5.41) is 5.56. The van der Waals surface area contributed by atoms with Crippen molar-refractivity contribution in [3.8, 4) is 0 Å². The van der Waals surface area contributed by atoms with E-state index in [4.69, 9.17) is 0 Å². The Kier molecular flexibility index (Phi) is 5.46. The number of anilines is 1. The summed E-state index contributed by atoms with van der Waals surface area (Å²) >= 11 is 1.49. The molecule has 0 bridgehead atoms. The monoisotopic (exact) mass is 240 g/mol. The molecular formula is C12H20N2OS. The highest BCUT2D eigenvalue weighted by Gasteiger charge is 2.16. The van der Waals surface area contributed by atoms with Crippen LogP contribution in [0, 0.1) is 12.8 Å². The van der Waals surface area contributed by atoms with Gasteiger partial charge in [-0.25, -0.2) is 4.98 Å². The Bertz CT molecular complexity index is 336. The topological polar surface area (TPSA) is 42.0 Å². The van der Waals surface area contributed by atoms with Crippen LogP contribution in [-0.4, -0.2) is 10.9 Å². The van der Waals surface area contributed by atoms with Gasteiger partial charge in [0.15, 0.2) is 5.13 Å². The van der Waals surface area contributed by atoms with Gasteiger partial charge in [-0.3, -0.25) is 4.79 Å². The third kappa shape index (κ3) is 3.93. The molecule has 1 aromatic rings. The molecule has 90 valence electrons. The van der Waals surface area contributed by atoms with Crippen molar-refractivity contribution in [2.45, 2.75) is 46.5 Å². The summed E-state index contributed by atoms with van der Waals surface area (Å²) in [5.41, 5.74) is 0.960. The number of hydrogen-bond donors (Lipinski definition) is 1. The lowest BCUT2D eigenvalue weighted by atomic mass is 9.99. The standard InChI is InChI=1S/C12H20N2OS/c1-4-6-7-10(5-2)11(15)14-12-13-9(3)8-16-12/h8,10H,4-7H2,1-3H3,(H,13,14,15)/t10-/m0/s1. The van der Waals surface area contributed by atoms with Gasteiger partial charge in [0.2, 0.25) is 5.91 Å². The van der Waals surface area contributed by atoms with Gasteiger partial charge < -0.3 is 5.32 Å². The molecule has 0 fully saturated rings. The molecule has 0 aliphatic rings. The molecule has 0 radical (unpaired) electrons. The van der Waals surface area contributed by atoms with Crippen LogP contribution in [-0.2, 0) is 4.79 Å². The molecule has 1 aromatic heterocycles. The number of nitrogens with one attached hydrogen (secondary N) is 1. The Morgan fingerprint density at radius 2 is 2.31 bits per heavy atom.